The fourth-order valence-corrected chi connectivity index (χ4v) is 4.22. The second-order valence-electron chi connectivity index (χ2n) is 6.50. The Morgan fingerprint density at radius 3 is 2.16 bits per heavy atom. The maximum Gasteiger partial charge on any atom is 0.338 e. The lowest BCUT2D eigenvalue weighted by atomic mass is 10.2. The number of amides is 2. The Morgan fingerprint density at radius 2 is 1.58 bits per heavy atom. The van der Waals surface area contributed by atoms with Gasteiger partial charge in [0, 0.05) is 31.4 Å². The highest BCUT2D eigenvalue weighted by atomic mass is 32.2. The molecule has 166 valence electrons. The highest BCUT2D eigenvalue weighted by Crippen LogP contribution is 2.18. The molecule has 10 heteroatoms. The maximum atomic E-state index is 12.5. The highest BCUT2D eigenvalue weighted by Gasteiger charge is 2.21. The van der Waals surface area contributed by atoms with Crippen LogP contribution in [0, 0.1) is 0 Å². The van der Waals surface area contributed by atoms with Crippen LogP contribution in [0.15, 0.2) is 53.4 Å². The number of carbonyl (C=O) groups is 3. The number of sulfonamides is 1. The number of hydrogen-bond donors (Lipinski definition) is 2. The second kappa shape index (κ2) is 10.7. The minimum absolute atomic E-state index is 0.125. The van der Waals surface area contributed by atoms with Crippen LogP contribution in [0.25, 0.3) is 0 Å². The number of benzene rings is 2. The van der Waals surface area contributed by atoms with Crippen LogP contribution in [0.1, 0.15) is 31.1 Å². The van der Waals surface area contributed by atoms with Crippen molar-refractivity contribution in [3.63, 3.8) is 0 Å². The first-order valence-corrected chi connectivity index (χ1v) is 11.1. The van der Waals surface area contributed by atoms with E-state index in [1.54, 1.807) is 26.0 Å². The van der Waals surface area contributed by atoms with Crippen molar-refractivity contribution in [1.82, 2.24) is 4.31 Å². The van der Waals surface area contributed by atoms with E-state index in [9.17, 15) is 22.8 Å². The number of carbonyl (C=O) groups excluding carboxylic acids is 3. The van der Waals surface area contributed by atoms with E-state index in [-0.39, 0.29) is 16.4 Å². The summed E-state index contributed by atoms with van der Waals surface area (Å²) in [6.45, 7) is 5.05. The molecule has 2 amide bonds. The Balaban J connectivity index is 1.94. The van der Waals surface area contributed by atoms with E-state index in [0.717, 1.165) is 0 Å². The fraction of sp³-hybridized carbons (Fsp3) is 0.286. The van der Waals surface area contributed by atoms with Gasteiger partial charge in [-0.2, -0.15) is 4.31 Å². The lowest BCUT2D eigenvalue weighted by Gasteiger charge is -2.18. The van der Waals surface area contributed by atoms with Crippen LogP contribution in [-0.4, -0.2) is 50.2 Å². The Kier molecular flexibility index (Phi) is 8.29. The number of esters is 1. The minimum atomic E-state index is -3.58. The lowest BCUT2D eigenvalue weighted by Crippen LogP contribution is -2.30. The predicted octanol–water partition coefficient (Wildman–Crippen LogP) is 2.47. The van der Waals surface area contributed by atoms with E-state index in [4.69, 9.17) is 4.74 Å². The van der Waals surface area contributed by atoms with Crippen LogP contribution in [0.3, 0.4) is 0 Å². The number of nitrogens with one attached hydrogen (secondary N) is 2. The molecule has 2 aromatic carbocycles. The predicted molar refractivity (Wildman–Crippen MR) is 116 cm³/mol. The first kappa shape index (κ1) is 24.0. The van der Waals surface area contributed by atoms with Crippen molar-refractivity contribution in [2.75, 3.05) is 30.3 Å². The summed E-state index contributed by atoms with van der Waals surface area (Å²) in [6.07, 6.45) is 0. The van der Waals surface area contributed by atoms with Gasteiger partial charge in [-0.1, -0.05) is 19.9 Å². The molecule has 2 rings (SSSR count). The SMILES string of the molecule is CCN(CC)S(=O)(=O)c1ccc(NC(=O)COC(=O)c2cccc(NC(C)=O)c2)cc1. The van der Waals surface area contributed by atoms with Gasteiger partial charge in [0.05, 0.1) is 10.5 Å². The van der Waals surface area contributed by atoms with E-state index in [2.05, 4.69) is 10.6 Å². The van der Waals surface area contributed by atoms with E-state index in [1.165, 1.54) is 47.6 Å². The molecule has 0 fully saturated rings. The second-order valence-corrected chi connectivity index (χ2v) is 8.44. The molecule has 0 bridgehead atoms. The molecule has 0 spiro atoms. The number of nitrogens with zero attached hydrogens (tertiary/aromatic N) is 1. The standard InChI is InChI=1S/C21H25N3O6S/c1-4-24(5-2)31(28,29)19-11-9-17(10-12-19)23-20(26)14-30-21(27)16-7-6-8-18(13-16)22-15(3)25/h6-13H,4-5,14H2,1-3H3,(H,22,25)(H,23,26). The molecule has 9 nitrogen and oxygen atoms in total. The van der Waals surface area contributed by atoms with Crippen LogP contribution in [0.2, 0.25) is 0 Å². The lowest BCUT2D eigenvalue weighted by molar-refractivity contribution is -0.119. The van der Waals surface area contributed by atoms with Gasteiger partial charge < -0.3 is 15.4 Å². The highest BCUT2D eigenvalue weighted by molar-refractivity contribution is 7.89. The molecule has 0 heterocycles. The Labute approximate surface area is 181 Å². The summed E-state index contributed by atoms with van der Waals surface area (Å²) in [6, 6.07) is 11.9. The van der Waals surface area contributed by atoms with Crippen LogP contribution in [-0.2, 0) is 24.3 Å². The molecule has 0 saturated heterocycles. The third-order valence-electron chi connectivity index (χ3n) is 4.23. The summed E-state index contributed by atoms with van der Waals surface area (Å²) < 4.78 is 31.3. The topological polar surface area (TPSA) is 122 Å². The van der Waals surface area contributed by atoms with Crippen LogP contribution >= 0.6 is 0 Å². The van der Waals surface area contributed by atoms with Crippen molar-refractivity contribution in [1.29, 1.82) is 0 Å². The van der Waals surface area contributed by atoms with Crippen molar-refractivity contribution in [3.8, 4) is 0 Å². The third kappa shape index (κ3) is 6.63. The van der Waals surface area contributed by atoms with Crippen LogP contribution in [0.5, 0.6) is 0 Å². The van der Waals surface area contributed by atoms with Gasteiger partial charge in [0.2, 0.25) is 15.9 Å². The molecule has 0 saturated carbocycles. The number of ether oxygens (including phenoxy) is 1. The third-order valence-corrected chi connectivity index (χ3v) is 6.30. The van der Waals surface area contributed by atoms with Gasteiger partial charge in [0.15, 0.2) is 6.61 Å². The van der Waals surface area contributed by atoms with Crippen molar-refractivity contribution < 1.29 is 27.5 Å². The van der Waals surface area contributed by atoms with Crippen molar-refractivity contribution >= 4 is 39.2 Å². The van der Waals surface area contributed by atoms with Crippen molar-refractivity contribution in [3.05, 3.63) is 54.1 Å². The van der Waals surface area contributed by atoms with E-state index < -0.39 is 28.5 Å². The number of rotatable bonds is 9. The molecular formula is C21H25N3O6S. The van der Waals surface area contributed by atoms with Crippen LogP contribution in [0.4, 0.5) is 11.4 Å². The quantitative estimate of drug-likeness (QED) is 0.570. The normalized spacial score (nSPS) is 11.1. The molecular weight excluding hydrogens is 422 g/mol. The summed E-state index contributed by atoms with van der Waals surface area (Å²) in [4.78, 5) is 35.4. The van der Waals surface area contributed by atoms with E-state index >= 15 is 0 Å². The zero-order valence-corrected chi connectivity index (χ0v) is 18.4. The molecule has 0 aliphatic carbocycles. The molecule has 0 unspecified atom stereocenters. The van der Waals surface area contributed by atoms with Gasteiger partial charge >= 0.3 is 5.97 Å². The summed E-state index contributed by atoms with van der Waals surface area (Å²) in [5, 5.41) is 5.10. The average molecular weight is 448 g/mol. The Hall–Kier alpha value is -3.24. The largest absolute Gasteiger partial charge is 0.452 e. The summed E-state index contributed by atoms with van der Waals surface area (Å²) >= 11 is 0. The molecule has 0 aliphatic rings. The fourth-order valence-electron chi connectivity index (χ4n) is 2.76. The van der Waals surface area contributed by atoms with Gasteiger partial charge in [-0.25, -0.2) is 13.2 Å². The molecule has 0 aliphatic heterocycles. The van der Waals surface area contributed by atoms with Gasteiger partial charge in [0.25, 0.3) is 5.91 Å². The Bertz CT molecular complexity index is 1050. The minimum Gasteiger partial charge on any atom is -0.452 e. The zero-order valence-electron chi connectivity index (χ0n) is 17.5. The van der Waals surface area contributed by atoms with E-state index in [0.29, 0.717) is 24.5 Å². The van der Waals surface area contributed by atoms with E-state index in [1.807, 2.05) is 0 Å². The van der Waals surface area contributed by atoms with Gasteiger partial charge in [0.1, 0.15) is 0 Å². The molecule has 31 heavy (non-hydrogen) atoms. The number of hydrogen-bond acceptors (Lipinski definition) is 6. The molecule has 2 aromatic rings. The average Bonchev–Trinajstić information content (AvgIpc) is 2.73. The van der Waals surface area contributed by atoms with Crippen LogP contribution < -0.4 is 10.6 Å². The van der Waals surface area contributed by atoms with Crippen molar-refractivity contribution in [2.45, 2.75) is 25.7 Å². The maximum absolute atomic E-state index is 12.5. The molecule has 0 radical (unpaired) electrons. The Morgan fingerprint density at radius 1 is 0.935 bits per heavy atom. The molecule has 2 N–H and O–H groups in total. The van der Waals surface area contributed by atoms with Crippen molar-refractivity contribution in [2.24, 2.45) is 0 Å². The first-order valence-electron chi connectivity index (χ1n) is 9.62. The molecule has 0 atom stereocenters. The first-order chi connectivity index (χ1) is 14.7. The van der Waals surface area contributed by atoms with Gasteiger partial charge in [-0.05, 0) is 42.5 Å². The molecule has 0 aromatic heterocycles. The summed E-state index contributed by atoms with van der Waals surface area (Å²) in [5.74, 6) is -1.57. The summed E-state index contributed by atoms with van der Waals surface area (Å²) in [5.41, 5.74) is 0.989. The monoisotopic (exact) mass is 447 g/mol. The zero-order chi connectivity index (χ0) is 23.0. The smallest absolute Gasteiger partial charge is 0.338 e. The number of anilines is 2. The van der Waals surface area contributed by atoms with Gasteiger partial charge in [-0.15, -0.1) is 0 Å². The summed E-state index contributed by atoms with van der Waals surface area (Å²) in [7, 11) is -3.58. The van der Waals surface area contributed by atoms with Gasteiger partial charge in [-0.3, -0.25) is 9.59 Å².